The minimum atomic E-state index is -0.567. The number of hydrogen-bond donors (Lipinski definition) is 1. The van der Waals surface area contributed by atoms with Gasteiger partial charge in [-0.25, -0.2) is 4.39 Å². The first kappa shape index (κ1) is 17.4. The molecular weight excluding hydrogens is 319 g/mol. The Bertz CT molecular complexity index is 717. The molecule has 0 radical (unpaired) electrons. The molecule has 1 unspecified atom stereocenters. The predicted octanol–water partition coefficient (Wildman–Crippen LogP) is 3.27. The maximum Gasteiger partial charge on any atom is 0.123 e. The van der Waals surface area contributed by atoms with Gasteiger partial charge in [0.15, 0.2) is 0 Å². The average molecular weight is 340 g/mol. The highest BCUT2D eigenvalue weighted by molar-refractivity contribution is 5.32. The number of hydrogen-bond acceptors (Lipinski definition) is 4. The van der Waals surface area contributed by atoms with Gasteiger partial charge >= 0.3 is 0 Å². The molecule has 0 saturated carbocycles. The van der Waals surface area contributed by atoms with Crippen LogP contribution >= 0.6 is 0 Å². The van der Waals surface area contributed by atoms with Gasteiger partial charge in [0, 0.05) is 19.6 Å². The summed E-state index contributed by atoms with van der Waals surface area (Å²) < 4.78 is 18.8. The van der Waals surface area contributed by atoms with Crippen molar-refractivity contribution in [3.8, 4) is 11.8 Å². The first-order valence-electron chi connectivity index (χ1n) is 8.47. The van der Waals surface area contributed by atoms with Gasteiger partial charge in [-0.3, -0.25) is 0 Å². The van der Waals surface area contributed by atoms with Crippen molar-refractivity contribution in [1.29, 1.82) is 5.26 Å². The lowest BCUT2D eigenvalue weighted by atomic mass is 10.0. The average Bonchev–Trinajstić information content (AvgIpc) is 2.65. The molecule has 1 atom stereocenters. The standard InChI is InChI=1S/C20H21FN2O2/c21-17-5-7-18(8-6-17)25-19-9-11-23(12-10-19)14-20(24)16-3-1-15(13-22)2-4-16/h1-8,19-20,24H,9-12,14H2. The smallest absolute Gasteiger partial charge is 0.123 e. The van der Waals surface area contributed by atoms with Gasteiger partial charge in [0.1, 0.15) is 17.7 Å². The summed E-state index contributed by atoms with van der Waals surface area (Å²) in [5.74, 6) is 0.427. The molecule has 0 aliphatic carbocycles. The molecule has 4 nitrogen and oxygen atoms in total. The van der Waals surface area contributed by atoms with Crippen molar-refractivity contribution in [2.24, 2.45) is 0 Å². The molecule has 1 heterocycles. The Balaban J connectivity index is 1.47. The Morgan fingerprint density at radius 3 is 2.36 bits per heavy atom. The summed E-state index contributed by atoms with van der Waals surface area (Å²) in [5.41, 5.74) is 1.42. The van der Waals surface area contributed by atoms with E-state index in [9.17, 15) is 9.50 Å². The highest BCUT2D eigenvalue weighted by Crippen LogP contribution is 2.21. The zero-order valence-corrected chi connectivity index (χ0v) is 13.9. The van der Waals surface area contributed by atoms with Crippen LogP contribution in [-0.2, 0) is 0 Å². The van der Waals surface area contributed by atoms with E-state index in [1.54, 1.807) is 36.4 Å². The largest absolute Gasteiger partial charge is 0.490 e. The van der Waals surface area contributed by atoms with E-state index in [0.717, 1.165) is 31.5 Å². The topological polar surface area (TPSA) is 56.5 Å². The lowest BCUT2D eigenvalue weighted by Crippen LogP contribution is -2.40. The van der Waals surface area contributed by atoms with Crippen molar-refractivity contribution in [2.45, 2.75) is 25.0 Å². The summed E-state index contributed by atoms with van der Waals surface area (Å²) in [7, 11) is 0. The Morgan fingerprint density at radius 1 is 1.12 bits per heavy atom. The van der Waals surface area contributed by atoms with Gasteiger partial charge in [0.05, 0.1) is 17.7 Å². The van der Waals surface area contributed by atoms with E-state index >= 15 is 0 Å². The van der Waals surface area contributed by atoms with E-state index in [4.69, 9.17) is 10.00 Å². The molecule has 0 bridgehead atoms. The van der Waals surface area contributed by atoms with Crippen LogP contribution in [0.25, 0.3) is 0 Å². The van der Waals surface area contributed by atoms with Crippen LogP contribution in [0.1, 0.15) is 30.1 Å². The molecule has 2 aromatic carbocycles. The maximum absolute atomic E-state index is 12.9. The summed E-state index contributed by atoms with van der Waals surface area (Å²) in [6, 6.07) is 15.2. The first-order valence-corrected chi connectivity index (χ1v) is 8.47. The summed E-state index contributed by atoms with van der Waals surface area (Å²) in [6.07, 6.45) is 1.30. The van der Waals surface area contributed by atoms with Crippen LogP contribution < -0.4 is 4.74 Å². The number of β-amino-alcohol motifs (C(OH)–C–C–N with tert-alkyl or cyclic N) is 1. The number of aliphatic hydroxyl groups excluding tert-OH is 1. The van der Waals surface area contributed by atoms with Crippen LogP contribution in [-0.4, -0.2) is 35.7 Å². The molecule has 1 saturated heterocycles. The fourth-order valence-electron chi connectivity index (χ4n) is 3.05. The molecule has 0 aromatic heterocycles. The van der Waals surface area contributed by atoms with Gasteiger partial charge in [-0.1, -0.05) is 12.1 Å². The van der Waals surface area contributed by atoms with E-state index in [1.807, 2.05) is 0 Å². The molecule has 1 N–H and O–H groups in total. The second-order valence-electron chi connectivity index (χ2n) is 6.32. The molecule has 0 spiro atoms. The molecule has 1 aliphatic rings. The maximum atomic E-state index is 12.9. The number of aliphatic hydroxyl groups is 1. The number of benzene rings is 2. The van der Waals surface area contributed by atoms with Crippen LogP contribution in [0.4, 0.5) is 4.39 Å². The molecule has 130 valence electrons. The number of nitriles is 1. The molecule has 0 amide bonds. The molecule has 5 heteroatoms. The predicted molar refractivity (Wildman–Crippen MR) is 92.6 cm³/mol. The zero-order valence-electron chi connectivity index (χ0n) is 13.9. The first-order chi connectivity index (χ1) is 12.1. The van der Waals surface area contributed by atoms with E-state index in [-0.39, 0.29) is 11.9 Å². The van der Waals surface area contributed by atoms with Crippen molar-refractivity contribution in [3.63, 3.8) is 0 Å². The van der Waals surface area contributed by atoms with Gasteiger partial charge in [0.2, 0.25) is 0 Å². The number of piperidine rings is 1. The Kier molecular flexibility index (Phi) is 5.64. The molecule has 3 rings (SSSR count). The van der Waals surface area contributed by atoms with Crippen LogP contribution in [0.15, 0.2) is 48.5 Å². The molecule has 2 aromatic rings. The third-order valence-corrected chi connectivity index (χ3v) is 4.51. The molecule has 1 aliphatic heterocycles. The summed E-state index contributed by atoms with van der Waals surface area (Å²) in [4.78, 5) is 2.22. The minimum absolute atomic E-state index is 0.119. The number of nitrogens with zero attached hydrogens (tertiary/aromatic N) is 2. The van der Waals surface area contributed by atoms with Crippen molar-refractivity contribution in [2.75, 3.05) is 19.6 Å². The van der Waals surface area contributed by atoms with Crippen LogP contribution in [0.3, 0.4) is 0 Å². The number of halogens is 1. The van der Waals surface area contributed by atoms with E-state index < -0.39 is 6.10 Å². The van der Waals surface area contributed by atoms with Gasteiger partial charge in [-0.2, -0.15) is 5.26 Å². The van der Waals surface area contributed by atoms with Crippen LogP contribution in [0.5, 0.6) is 5.75 Å². The van der Waals surface area contributed by atoms with Crippen LogP contribution in [0.2, 0.25) is 0 Å². The van der Waals surface area contributed by atoms with Crippen molar-refractivity contribution in [1.82, 2.24) is 4.90 Å². The summed E-state index contributed by atoms with van der Waals surface area (Å²) >= 11 is 0. The fourth-order valence-corrected chi connectivity index (χ4v) is 3.05. The molecule has 25 heavy (non-hydrogen) atoms. The van der Waals surface area contributed by atoms with E-state index in [1.165, 1.54) is 12.1 Å². The normalized spacial score (nSPS) is 17.0. The number of ether oxygens (including phenoxy) is 1. The van der Waals surface area contributed by atoms with Gasteiger partial charge < -0.3 is 14.7 Å². The van der Waals surface area contributed by atoms with Crippen molar-refractivity contribution in [3.05, 3.63) is 65.5 Å². The lowest BCUT2D eigenvalue weighted by Gasteiger charge is -2.33. The molecule has 1 fully saturated rings. The highest BCUT2D eigenvalue weighted by Gasteiger charge is 2.22. The zero-order chi connectivity index (χ0) is 17.6. The summed E-state index contributed by atoms with van der Waals surface area (Å²) in [6.45, 7) is 2.26. The quantitative estimate of drug-likeness (QED) is 0.907. The Morgan fingerprint density at radius 2 is 1.76 bits per heavy atom. The van der Waals surface area contributed by atoms with Gasteiger partial charge in [-0.15, -0.1) is 0 Å². The second-order valence-corrected chi connectivity index (χ2v) is 6.32. The SMILES string of the molecule is N#Cc1ccc(C(O)CN2CCC(Oc3ccc(F)cc3)CC2)cc1. The molecular formula is C20H21FN2O2. The monoisotopic (exact) mass is 340 g/mol. The van der Waals surface area contributed by atoms with E-state index in [2.05, 4.69) is 11.0 Å². The van der Waals surface area contributed by atoms with Crippen LogP contribution in [0, 0.1) is 17.1 Å². The highest BCUT2D eigenvalue weighted by atomic mass is 19.1. The van der Waals surface area contributed by atoms with Gasteiger partial charge in [0.25, 0.3) is 0 Å². The van der Waals surface area contributed by atoms with Crippen molar-refractivity contribution >= 4 is 0 Å². The number of likely N-dealkylation sites (tertiary alicyclic amines) is 1. The second kappa shape index (κ2) is 8.11. The third kappa shape index (κ3) is 4.79. The number of rotatable bonds is 5. The Hall–Kier alpha value is -2.42. The summed E-state index contributed by atoms with van der Waals surface area (Å²) in [5, 5.41) is 19.2. The van der Waals surface area contributed by atoms with Crippen molar-refractivity contribution < 1.29 is 14.2 Å². The fraction of sp³-hybridized carbons (Fsp3) is 0.350. The third-order valence-electron chi connectivity index (χ3n) is 4.51. The Labute approximate surface area is 147 Å². The van der Waals surface area contributed by atoms with Gasteiger partial charge in [-0.05, 0) is 54.8 Å². The lowest BCUT2D eigenvalue weighted by molar-refractivity contribution is 0.0610. The van der Waals surface area contributed by atoms with E-state index in [0.29, 0.717) is 17.9 Å². The minimum Gasteiger partial charge on any atom is -0.490 e.